The van der Waals surface area contributed by atoms with Crippen molar-refractivity contribution in [2.24, 2.45) is 4.99 Å². The van der Waals surface area contributed by atoms with Crippen LogP contribution in [0.15, 0.2) is 33.8 Å². The summed E-state index contributed by atoms with van der Waals surface area (Å²) in [7, 11) is 1.74. The van der Waals surface area contributed by atoms with Crippen LogP contribution in [0.3, 0.4) is 0 Å². The summed E-state index contributed by atoms with van der Waals surface area (Å²) in [6.45, 7) is 3.49. The second kappa shape index (κ2) is 11.2. The van der Waals surface area contributed by atoms with Gasteiger partial charge in [0.2, 0.25) is 11.7 Å². The van der Waals surface area contributed by atoms with Gasteiger partial charge in [0, 0.05) is 24.2 Å². The van der Waals surface area contributed by atoms with Crippen LogP contribution in [0.2, 0.25) is 5.02 Å². The Morgan fingerprint density at radius 1 is 1.29 bits per heavy atom. The van der Waals surface area contributed by atoms with Gasteiger partial charge in [0.1, 0.15) is 0 Å². The van der Waals surface area contributed by atoms with Crippen molar-refractivity contribution in [2.75, 3.05) is 13.6 Å². The van der Waals surface area contributed by atoms with E-state index >= 15 is 0 Å². The molecule has 0 aliphatic heterocycles. The number of aromatic nitrogens is 2. The number of benzene rings is 1. The SMILES string of the molecule is CCCCCNC(=NC)NCc1nc(-c2cccc(Cl)c2)no1.I. The molecule has 0 fully saturated rings. The minimum Gasteiger partial charge on any atom is -0.356 e. The summed E-state index contributed by atoms with van der Waals surface area (Å²) in [5.41, 5.74) is 0.828. The normalized spacial score (nSPS) is 11.0. The molecule has 0 radical (unpaired) electrons. The first kappa shape index (κ1) is 20.7. The average molecular weight is 464 g/mol. The van der Waals surface area contributed by atoms with Gasteiger partial charge >= 0.3 is 0 Å². The number of unbranched alkanes of at least 4 members (excludes halogenated alkanes) is 2. The topological polar surface area (TPSA) is 75.3 Å². The smallest absolute Gasteiger partial charge is 0.246 e. The van der Waals surface area contributed by atoms with Crippen molar-refractivity contribution in [1.29, 1.82) is 0 Å². The van der Waals surface area contributed by atoms with Crippen LogP contribution >= 0.6 is 35.6 Å². The van der Waals surface area contributed by atoms with E-state index in [0.29, 0.717) is 23.3 Å². The van der Waals surface area contributed by atoms with Crippen LogP contribution in [0, 0.1) is 0 Å². The molecule has 1 aromatic carbocycles. The lowest BCUT2D eigenvalue weighted by molar-refractivity contribution is 0.375. The van der Waals surface area contributed by atoms with Gasteiger partial charge in [-0.25, -0.2) is 0 Å². The Hall–Kier alpha value is -1.35. The van der Waals surface area contributed by atoms with E-state index in [9.17, 15) is 0 Å². The fourth-order valence-electron chi connectivity index (χ4n) is 2.03. The van der Waals surface area contributed by atoms with E-state index in [4.69, 9.17) is 16.1 Å². The summed E-state index contributed by atoms with van der Waals surface area (Å²) in [4.78, 5) is 8.52. The van der Waals surface area contributed by atoms with E-state index in [0.717, 1.165) is 24.5 Å². The molecule has 0 unspecified atom stereocenters. The van der Waals surface area contributed by atoms with Crippen molar-refractivity contribution in [3.05, 3.63) is 35.2 Å². The van der Waals surface area contributed by atoms with E-state index in [2.05, 4.69) is 32.7 Å². The highest BCUT2D eigenvalue weighted by Gasteiger charge is 2.09. The zero-order valence-corrected chi connectivity index (χ0v) is 17.0. The third-order valence-corrected chi connectivity index (χ3v) is 3.49. The maximum atomic E-state index is 5.97. The van der Waals surface area contributed by atoms with E-state index in [1.165, 1.54) is 12.8 Å². The van der Waals surface area contributed by atoms with Crippen molar-refractivity contribution in [2.45, 2.75) is 32.7 Å². The molecule has 0 bridgehead atoms. The molecular weight excluding hydrogens is 441 g/mol. The zero-order valence-electron chi connectivity index (χ0n) is 13.9. The summed E-state index contributed by atoms with van der Waals surface area (Å²) in [6.07, 6.45) is 3.52. The Morgan fingerprint density at radius 2 is 2.12 bits per heavy atom. The molecule has 2 aromatic rings. The second-order valence-corrected chi connectivity index (χ2v) is 5.52. The fraction of sp³-hybridized carbons (Fsp3) is 0.438. The van der Waals surface area contributed by atoms with Crippen molar-refractivity contribution >= 4 is 41.5 Å². The van der Waals surface area contributed by atoms with E-state index in [1.807, 2.05) is 18.2 Å². The first-order valence-electron chi connectivity index (χ1n) is 7.76. The highest BCUT2D eigenvalue weighted by atomic mass is 127. The lowest BCUT2D eigenvalue weighted by Crippen LogP contribution is -2.37. The van der Waals surface area contributed by atoms with Gasteiger partial charge in [-0.15, -0.1) is 24.0 Å². The van der Waals surface area contributed by atoms with E-state index in [-0.39, 0.29) is 24.0 Å². The molecular formula is C16H23ClIN5O. The highest BCUT2D eigenvalue weighted by Crippen LogP contribution is 2.19. The average Bonchev–Trinajstić information content (AvgIpc) is 3.03. The molecule has 0 aliphatic carbocycles. The van der Waals surface area contributed by atoms with Crippen molar-refractivity contribution in [3.8, 4) is 11.4 Å². The Bertz CT molecular complexity index is 647. The summed E-state index contributed by atoms with van der Waals surface area (Å²) >= 11 is 5.97. The molecule has 0 spiro atoms. The van der Waals surface area contributed by atoms with Crippen LogP contribution in [-0.4, -0.2) is 29.7 Å². The number of hydrogen-bond acceptors (Lipinski definition) is 4. The molecule has 6 nitrogen and oxygen atoms in total. The summed E-state index contributed by atoms with van der Waals surface area (Å²) in [6, 6.07) is 7.36. The predicted octanol–water partition coefficient (Wildman–Crippen LogP) is 3.86. The zero-order chi connectivity index (χ0) is 16.5. The van der Waals surface area contributed by atoms with E-state index < -0.39 is 0 Å². The van der Waals surface area contributed by atoms with Crippen LogP contribution in [0.1, 0.15) is 32.1 Å². The molecule has 24 heavy (non-hydrogen) atoms. The number of rotatable bonds is 7. The minimum absolute atomic E-state index is 0. The Balaban J connectivity index is 0.00000288. The Labute approximate surface area is 164 Å². The molecule has 1 heterocycles. The molecule has 0 amide bonds. The second-order valence-electron chi connectivity index (χ2n) is 5.08. The number of halogens is 2. The molecule has 2 rings (SSSR count). The lowest BCUT2D eigenvalue weighted by atomic mass is 10.2. The van der Waals surface area contributed by atoms with Crippen LogP contribution in [-0.2, 0) is 6.54 Å². The number of guanidine groups is 1. The quantitative estimate of drug-likeness (QED) is 0.282. The molecule has 132 valence electrons. The standard InChI is InChI=1S/C16H22ClN5O.HI/c1-3-4-5-9-19-16(18-2)20-11-14-21-15(22-23-14)12-7-6-8-13(17)10-12;/h6-8,10H,3-5,9,11H2,1-2H3,(H2,18,19,20);1H. The van der Waals surface area contributed by atoms with Gasteiger partial charge in [-0.05, 0) is 18.6 Å². The number of aliphatic imine (C=N–C) groups is 1. The fourth-order valence-corrected chi connectivity index (χ4v) is 2.22. The van der Waals surface area contributed by atoms with Crippen LogP contribution in [0.5, 0.6) is 0 Å². The molecule has 0 saturated carbocycles. The first-order chi connectivity index (χ1) is 11.2. The van der Waals surface area contributed by atoms with Crippen LogP contribution in [0.4, 0.5) is 0 Å². The maximum absolute atomic E-state index is 5.97. The highest BCUT2D eigenvalue weighted by molar-refractivity contribution is 14.0. The molecule has 8 heteroatoms. The number of hydrogen-bond donors (Lipinski definition) is 2. The first-order valence-corrected chi connectivity index (χ1v) is 8.13. The Morgan fingerprint density at radius 3 is 2.83 bits per heavy atom. The summed E-state index contributed by atoms with van der Waals surface area (Å²) in [5.74, 6) is 1.75. The van der Waals surface area contributed by atoms with Crippen molar-refractivity contribution in [1.82, 2.24) is 20.8 Å². The van der Waals surface area contributed by atoms with Gasteiger partial charge in [-0.3, -0.25) is 4.99 Å². The van der Waals surface area contributed by atoms with Crippen LogP contribution < -0.4 is 10.6 Å². The number of nitrogens with one attached hydrogen (secondary N) is 2. The van der Waals surface area contributed by atoms with Crippen molar-refractivity contribution < 1.29 is 4.52 Å². The third-order valence-electron chi connectivity index (χ3n) is 3.25. The largest absolute Gasteiger partial charge is 0.356 e. The van der Waals surface area contributed by atoms with Gasteiger partial charge in [0.15, 0.2) is 5.96 Å². The summed E-state index contributed by atoms with van der Waals surface area (Å²) < 4.78 is 5.25. The van der Waals surface area contributed by atoms with Crippen molar-refractivity contribution in [3.63, 3.8) is 0 Å². The molecule has 0 atom stereocenters. The maximum Gasteiger partial charge on any atom is 0.246 e. The summed E-state index contributed by atoms with van der Waals surface area (Å²) in [5, 5.41) is 11.0. The molecule has 1 aromatic heterocycles. The minimum atomic E-state index is 0. The molecule has 0 saturated heterocycles. The van der Waals surface area contributed by atoms with Gasteiger partial charge < -0.3 is 15.2 Å². The Kier molecular flexibility index (Phi) is 9.70. The van der Waals surface area contributed by atoms with Gasteiger partial charge in [-0.1, -0.05) is 48.7 Å². The third kappa shape index (κ3) is 6.64. The predicted molar refractivity (Wildman–Crippen MR) is 108 cm³/mol. The molecule has 0 aliphatic rings. The van der Waals surface area contributed by atoms with E-state index in [1.54, 1.807) is 13.1 Å². The molecule has 2 N–H and O–H groups in total. The lowest BCUT2D eigenvalue weighted by Gasteiger charge is -2.09. The monoisotopic (exact) mass is 463 g/mol. The number of nitrogens with zero attached hydrogens (tertiary/aromatic N) is 3. The van der Waals surface area contributed by atoms with Gasteiger partial charge in [0.05, 0.1) is 6.54 Å². The van der Waals surface area contributed by atoms with Gasteiger partial charge in [0.25, 0.3) is 0 Å². The van der Waals surface area contributed by atoms with Gasteiger partial charge in [-0.2, -0.15) is 4.98 Å². The van der Waals surface area contributed by atoms with Crippen LogP contribution in [0.25, 0.3) is 11.4 Å².